The van der Waals surface area contributed by atoms with Crippen molar-refractivity contribution in [1.29, 1.82) is 0 Å². The van der Waals surface area contributed by atoms with Crippen molar-refractivity contribution in [2.75, 3.05) is 6.54 Å². The Kier molecular flexibility index (Phi) is 12.5. The van der Waals surface area contributed by atoms with E-state index in [2.05, 4.69) is 30.5 Å². The number of rotatable bonds is 15. The van der Waals surface area contributed by atoms with Gasteiger partial charge in [-0.1, -0.05) is 48.0 Å². The van der Waals surface area contributed by atoms with Gasteiger partial charge in [-0.05, 0) is 65.7 Å². The number of nitrogens with zero attached hydrogens (tertiary/aromatic N) is 5. The van der Waals surface area contributed by atoms with Gasteiger partial charge in [0, 0.05) is 56.2 Å². The molecule has 49 heavy (non-hydrogen) atoms. The average Bonchev–Trinajstić information content (AvgIpc) is 3.12. The number of hydrogen-bond acceptors (Lipinski definition) is 9. The monoisotopic (exact) mass is 677 g/mol. The molecule has 5 aromatic rings. The van der Waals surface area contributed by atoms with Gasteiger partial charge in [0.1, 0.15) is 19.2 Å². The molecule has 0 bridgehead atoms. The molecular formula is C37H36ClN7O4. The fraction of sp³-hybridized carbons (Fsp3) is 0.216. The van der Waals surface area contributed by atoms with E-state index in [1.54, 1.807) is 49.1 Å². The maximum absolute atomic E-state index is 13.0. The van der Waals surface area contributed by atoms with Crippen LogP contribution >= 0.6 is 11.6 Å². The van der Waals surface area contributed by atoms with Gasteiger partial charge in [-0.2, -0.15) is 0 Å². The molecule has 0 unspecified atom stereocenters. The molecule has 0 fully saturated rings. The molecule has 0 aliphatic heterocycles. The summed E-state index contributed by atoms with van der Waals surface area (Å²) >= 11 is 5.89. The number of esters is 1. The Hall–Kier alpha value is -5.52. The molecule has 5 rings (SSSR count). The zero-order valence-corrected chi connectivity index (χ0v) is 27.7. The van der Waals surface area contributed by atoms with Gasteiger partial charge in [0.25, 0.3) is 0 Å². The van der Waals surface area contributed by atoms with Gasteiger partial charge in [-0.15, -0.1) is 0 Å². The van der Waals surface area contributed by atoms with Gasteiger partial charge in [-0.3, -0.25) is 39.2 Å². The normalized spacial score (nSPS) is 11.6. The first kappa shape index (κ1) is 34.8. The smallest absolute Gasteiger partial charge is 0.325 e. The van der Waals surface area contributed by atoms with E-state index in [1.165, 1.54) is 6.92 Å². The lowest BCUT2D eigenvalue weighted by atomic mass is 10.0. The molecule has 0 aliphatic carbocycles. The summed E-state index contributed by atoms with van der Waals surface area (Å²) in [4.78, 5) is 58.1. The number of pyridine rings is 4. The van der Waals surface area contributed by atoms with Gasteiger partial charge in [-0.25, -0.2) is 0 Å². The molecule has 2 N–H and O–H groups in total. The predicted octanol–water partition coefficient (Wildman–Crippen LogP) is 4.62. The number of ether oxygens (including phenoxy) is 1. The number of aromatic nitrogens is 4. The number of halogens is 1. The molecule has 11 nitrogen and oxygen atoms in total. The topological polar surface area (TPSA) is 139 Å². The van der Waals surface area contributed by atoms with Crippen molar-refractivity contribution in [2.24, 2.45) is 0 Å². The van der Waals surface area contributed by atoms with Crippen LogP contribution in [-0.4, -0.2) is 55.2 Å². The largest absolute Gasteiger partial charge is 0.460 e. The summed E-state index contributed by atoms with van der Waals surface area (Å²) in [5.74, 6) is -1.51. The van der Waals surface area contributed by atoms with E-state index in [1.807, 2.05) is 66.7 Å². The summed E-state index contributed by atoms with van der Waals surface area (Å²) in [6, 6.07) is 26.9. The number of carbonyl (C=O) groups excluding carboxylic acids is 3. The lowest BCUT2D eigenvalue weighted by Crippen LogP contribution is -2.48. The summed E-state index contributed by atoms with van der Waals surface area (Å²) in [6.45, 7) is 1.98. The molecule has 0 saturated heterocycles. The average molecular weight is 678 g/mol. The van der Waals surface area contributed by atoms with Crippen molar-refractivity contribution in [3.63, 3.8) is 0 Å². The van der Waals surface area contributed by atoms with Crippen molar-refractivity contribution in [3.05, 3.63) is 155 Å². The molecule has 1 aromatic carbocycles. The van der Waals surface area contributed by atoms with Crippen molar-refractivity contribution >= 4 is 29.4 Å². The fourth-order valence-corrected chi connectivity index (χ4v) is 5.31. The molecule has 4 heterocycles. The van der Waals surface area contributed by atoms with Gasteiger partial charge >= 0.3 is 5.97 Å². The maximum Gasteiger partial charge on any atom is 0.325 e. The summed E-state index contributed by atoms with van der Waals surface area (Å²) < 4.78 is 5.24. The summed E-state index contributed by atoms with van der Waals surface area (Å²) in [5, 5.41) is 5.81. The molecule has 0 saturated carbocycles. The van der Waals surface area contributed by atoms with E-state index in [0.717, 1.165) is 33.9 Å². The standard InChI is InChI=1S/C37H36ClN7O4/c1-26(46)44-34(37(48)43-22-35(47)49-25-27-11-14-29(38)15-12-27)20-28-13-16-31(42-21-28)24-45(23-30-8-2-5-17-39-30)36(32-9-3-6-18-40-32)33-10-4-7-19-41-33/h2-19,21,34,36H,20,22-25H2,1H3,(H,43,48)(H,44,46)/t34-/m0/s1. The first-order chi connectivity index (χ1) is 23.8. The van der Waals surface area contributed by atoms with Crippen LogP contribution in [0, 0.1) is 0 Å². The highest BCUT2D eigenvalue weighted by atomic mass is 35.5. The van der Waals surface area contributed by atoms with Crippen LogP contribution in [0.4, 0.5) is 0 Å². The van der Waals surface area contributed by atoms with Crippen LogP contribution in [-0.2, 0) is 45.2 Å². The summed E-state index contributed by atoms with van der Waals surface area (Å²) in [5.41, 5.74) is 4.83. The van der Waals surface area contributed by atoms with E-state index in [0.29, 0.717) is 18.1 Å². The van der Waals surface area contributed by atoms with E-state index >= 15 is 0 Å². The molecule has 0 spiro atoms. The van der Waals surface area contributed by atoms with E-state index < -0.39 is 17.9 Å². The van der Waals surface area contributed by atoms with Gasteiger partial charge in [0.05, 0.1) is 28.8 Å². The van der Waals surface area contributed by atoms with Crippen LogP contribution in [0.25, 0.3) is 0 Å². The highest BCUT2D eigenvalue weighted by Gasteiger charge is 2.26. The lowest BCUT2D eigenvalue weighted by Gasteiger charge is -2.30. The van der Waals surface area contributed by atoms with Crippen LogP contribution in [0.3, 0.4) is 0 Å². The minimum Gasteiger partial charge on any atom is -0.460 e. The third-order valence-corrected chi connectivity index (χ3v) is 7.75. The Labute approximate surface area is 289 Å². The fourth-order valence-electron chi connectivity index (χ4n) is 5.19. The number of nitrogens with one attached hydrogen (secondary N) is 2. The first-order valence-corrected chi connectivity index (χ1v) is 16.1. The summed E-state index contributed by atoms with van der Waals surface area (Å²) in [6.07, 6.45) is 7.16. The zero-order chi connectivity index (χ0) is 34.4. The number of hydrogen-bond donors (Lipinski definition) is 2. The van der Waals surface area contributed by atoms with Crippen molar-refractivity contribution < 1.29 is 19.1 Å². The highest BCUT2D eigenvalue weighted by Crippen LogP contribution is 2.29. The van der Waals surface area contributed by atoms with Gasteiger partial charge < -0.3 is 15.4 Å². The Bertz CT molecular complexity index is 1760. The lowest BCUT2D eigenvalue weighted by molar-refractivity contribution is -0.145. The second-order valence-electron chi connectivity index (χ2n) is 11.3. The minimum atomic E-state index is -0.924. The third kappa shape index (κ3) is 10.7. The molecule has 2 amide bonds. The molecule has 1 atom stereocenters. The SMILES string of the molecule is CC(=O)N[C@@H](Cc1ccc(CN(Cc2ccccn2)C(c2ccccn2)c2ccccn2)nc1)C(=O)NCC(=O)OCc1ccc(Cl)cc1. The first-order valence-electron chi connectivity index (χ1n) is 15.7. The molecule has 0 radical (unpaired) electrons. The van der Waals surface area contributed by atoms with E-state index in [4.69, 9.17) is 21.3 Å². The molecule has 0 aliphatic rings. The second-order valence-corrected chi connectivity index (χ2v) is 11.7. The Morgan fingerprint density at radius 3 is 1.92 bits per heavy atom. The number of benzene rings is 1. The van der Waals surface area contributed by atoms with Crippen LogP contribution in [0.1, 0.15) is 46.9 Å². The predicted molar refractivity (Wildman–Crippen MR) is 184 cm³/mol. The van der Waals surface area contributed by atoms with Crippen molar-refractivity contribution in [1.82, 2.24) is 35.5 Å². The van der Waals surface area contributed by atoms with E-state index in [9.17, 15) is 14.4 Å². The zero-order valence-electron chi connectivity index (χ0n) is 26.9. The number of amides is 2. The molecular weight excluding hydrogens is 642 g/mol. The quantitative estimate of drug-likeness (QED) is 0.152. The highest BCUT2D eigenvalue weighted by molar-refractivity contribution is 6.30. The molecule has 250 valence electrons. The van der Waals surface area contributed by atoms with Crippen LogP contribution < -0.4 is 10.6 Å². The Morgan fingerprint density at radius 2 is 1.37 bits per heavy atom. The summed E-state index contributed by atoms with van der Waals surface area (Å²) in [7, 11) is 0. The second kappa shape index (κ2) is 17.6. The van der Waals surface area contributed by atoms with Gasteiger partial charge in [0.15, 0.2) is 0 Å². The van der Waals surface area contributed by atoms with Crippen molar-refractivity contribution in [2.45, 2.75) is 45.1 Å². The van der Waals surface area contributed by atoms with Crippen LogP contribution in [0.2, 0.25) is 5.02 Å². The Morgan fingerprint density at radius 1 is 0.755 bits per heavy atom. The molecule has 4 aromatic heterocycles. The van der Waals surface area contributed by atoms with Crippen LogP contribution in [0.15, 0.2) is 116 Å². The molecule has 12 heteroatoms. The van der Waals surface area contributed by atoms with E-state index in [-0.39, 0.29) is 31.5 Å². The Balaban J connectivity index is 1.27. The number of carbonyl (C=O) groups is 3. The third-order valence-electron chi connectivity index (χ3n) is 7.50. The van der Waals surface area contributed by atoms with Crippen LogP contribution in [0.5, 0.6) is 0 Å². The van der Waals surface area contributed by atoms with Gasteiger partial charge in [0.2, 0.25) is 11.8 Å². The minimum absolute atomic E-state index is 0.0444. The van der Waals surface area contributed by atoms with Crippen molar-refractivity contribution in [3.8, 4) is 0 Å². The maximum atomic E-state index is 13.0.